The third-order valence-electron chi connectivity index (χ3n) is 3.02. The van der Waals surface area contributed by atoms with Crippen LogP contribution in [0.25, 0.3) is 0 Å². The van der Waals surface area contributed by atoms with Gasteiger partial charge in [0.15, 0.2) is 11.5 Å². The van der Waals surface area contributed by atoms with Crippen LogP contribution in [0.15, 0.2) is 16.6 Å². The Labute approximate surface area is 123 Å². The summed E-state index contributed by atoms with van der Waals surface area (Å²) in [4.78, 5) is 0. The normalized spacial score (nSPS) is 14.8. The van der Waals surface area contributed by atoms with Gasteiger partial charge in [-0.1, -0.05) is 13.8 Å². The molecule has 4 heteroatoms. The standard InChI is InChI=1S/C15H22BrNO2/c1-10(2)9-19-15-13(16)6-11(7-14(15)18-3)8-17-12-4-5-12/h6-7,10,12,17H,4-5,8-9H2,1-3H3. The molecule has 0 spiro atoms. The highest BCUT2D eigenvalue weighted by molar-refractivity contribution is 9.10. The van der Waals surface area contributed by atoms with E-state index in [1.807, 2.05) is 0 Å². The maximum Gasteiger partial charge on any atom is 0.175 e. The summed E-state index contributed by atoms with van der Waals surface area (Å²) in [5, 5.41) is 3.50. The first-order chi connectivity index (χ1) is 9.10. The maximum absolute atomic E-state index is 5.82. The van der Waals surface area contributed by atoms with Crippen LogP contribution < -0.4 is 14.8 Å². The molecule has 0 heterocycles. The summed E-state index contributed by atoms with van der Waals surface area (Å²) in [6.45, 7) is 5.83. The van der Waals surface area contributed by atoms with Gasteiger partial charge in [0.2, 0.25) is 0 Å². The van der Waals surface area contributed by atoms with Crippen molar-refractivity contribution in [1.29, 1.82) is 0 Å². The SMILES string of the molecule is COc1cc(CNC2CC2)cc(Br)c1OCC(C)C. The average molecular weight is 328 g/mol. The Bertz CT molecular complexity index is 430. The maximum atomic E-state index is 5.82. The first-order valence-electron chi connectivity index (χ1n) is 6.82. The molecule has 1 aliphatic carbocycles. The third-order valence-corrected chi connectivity index (χ3v) is 3.61. The van der Waals surface area contributed by atoms with Crippen LogP contribution in [0.4, 0.5) is 0 Å². The van der Waals surface area contributed by atoms with Crippen molar-refractivity contribution in [2.24, 2.45) is 5.92 Å². The molecule has 0 saturated heterocycles. The highest BCUT2D eigenvalue weighted by atomic mass is 79.9. The van der Waals surface area contributed by atoms with Gasteiger partial charge in [0.05, 0.1) is 18.2 Å². The summed E-state index contributed by atoms with van der Waals surface area (Å²) in [5.74, 6) is 2.09. The minimum atomic E-state index is 0.493. The molecule has 106 valence electrons. The van der Waals surface area contributed by atoms with Crippen LogP contribution in [0.2, 0.25) is 0 Å². The van der Waals surface area contributed by atoms with Gasteiger partial charge in [-0.25, -0.2) is 0 Å². The van der Waals surface area contributed by atoms with Crippen LogP contribution in [-0.4, -0.2) is 19.8 Å². The molecule has 1 fully saturated rings. The van der Waals surface area contributed by atoms with Gasteiger partial charge in [0, 0.05) is 12.6 Å². The fourth-order valence-corrected chi connectivity index (χ4v) is 2.42. The molecule has 0 aromatic heterocycles. The Morgan fingerprint density at radius 3 is 2.68 bits per heavy atom. The molecular formula is C15H22BrNO2. The fraction of sp³-hybridized carbons (Fsp3) is 0.600. The van der Waals surface area contributed by atoms with Gasteiger partial charge in [-0.15, -0.1) is 0 Å². The number of halogens is 1. The molecule has 0 amide bonds. The topological polar surface area (TPSA) is 30.5 Å². The quantitative estimate of drug-likeness (QED) is 0.827. The Hall–Kier alpha value is -0.740. The van der Waals surface area contributed by atoms with Gasteiger partial charge in [0.25, 0.3) is 0 Å². The van der Waals surface area contributed by atoms with E-state index in [9.17, 15) is 0 Å². The number of rotatable bonds is 7. The lowest BCUT2D eigenvalue weighted by Gasteiger charge is -2.15. The van der Waals surface area contributed by atoms with Gasteiger partial charge in [-0.2, -0.15) is 0 Å². The van der Waals surface area contributed by atoms with Crippen molar-refractivity contribution in [3.63, 3.8) is 0 Å². The second kappa shape index (κ2) is 6.62. The van der Waals surface area contributed by atoms with Crippen molar-refractivity contribution in [3.05, 3.63) is 22.2 Å². The van der Waals surface area contributed by atoms with E-state index in [1.54, 1.807) is 7.11 Å². The van der Waals surface area contributed by atoms with E-state index in [0.717, 1.165) is 22.5 Å². The van der Waals surface area contributed by atoms with Crippen molar-refractivity contribution < 1.29 is 9.47 Å². The Kier molecular flexibility index (Phi) is 5.11. The van der Waals surface area contributed by atoms with Gasteiger partial charge in [-0.05, 0) is 52.4 Å². The number of benzene rings is 1. The van der Waals surface area contributed by atoms with Crippen molar-refractivity contribution in [2.45, 2.75) is 39.3 Å². The number of nitrogens with one attached hydrogen (secondary N) is 1. The molecule has 0 radical (unpaired) electrons. The molecular weight excluding hydrogens is 306 g/mol. The van der Waals surface area contributed by atoms with Crippen LogP contribution in [0.5, 0.6) is 11.5 Å². The summed E-state index contributed by atoms with van der Waals surface area (Å²) in [5.41, 5.74) is 1.22. The van der Waals surface area contributed by atoms with E-state index in [2.05, 4.69) is 47.2 Å². The third kappa shape index (κ3) is 4.39. The Morgan fingerprint density at radius 1 is 1.37 bits per heavy atom. The largest absolute Gasteiger partial charge is 0.493 e. The molecule has 1 aromatic rings. The monoisotopic (exact) mass is 327 g/mol. The summed E-state index contributed by atoms with van der Waals surface area (Å²) in [7, 11) is 1.68. The lowest BCUT2D eigenvalue weighted by molar-refractivity contribution is 0.255. The molecule has 0 bridgehead atoms. The van der Waals surface area contributed by atoms with E-state index in [1.165, 1.54) is 18.4 Å². The molecule has 3 nitrogen and oxygen atoms in total. The molecule has 0 unspecified atom stereocenters. The molecule has 1 aliphatic rings. The smallest absolute Gasteiger partial charge is 0.175 e. The van der Waals surface area contributed by atoms with E-state index >= 15 is 0 Å². The predicted molar refractivity (Wildman–Crippen MR) is 80.9 cm³/mol. The van der Waals surface area contributed by atoms with Gasteiger partial charge in [-0.3, -0.25) is 0 Å². The molecule has 1 aromatic carbocycles. The van der Waals surface area contributed by atoms with Crippen molar-refractivity contribution in [3.8, 4) is 11.5 Å². The van der Waals surface area contributed by atoms with E-state index in [0.29, 0.717) is 18.6 Å². The summed E-state index contributed by atoms with van der Waals surface area (Å²) in [6, 6.07) is 4.87. The average Bonchev–Trinajstić information content (AvgIpc) is 3.18. The summed E-state index contributed by atoms with van der Waals surface area (Å²) in [6.07, 6.45) is 2.60. The van der Waals surface area contributed by atoms with Crippen LogP contribution in [0, 0.1) is 5.92 Å². The van der Waals surface area contributed by atoms with Crippen molar-refractivity contribution >= 4 is 15.9 Å². The first-order valence-corrected chi connectivity index (χ1v) is 7.62. The molecule has 2 rings (SSSR count). The Morgan fingerprint density at radius 2 is 2.11 bits per heavy atom. The molecule has 1 saturated carbocycles. The lowest BCUT2D eigenvalue weighted by Crippen LogP contribution is -2.15. The second-order valence-electron chi connectivity index (χ2n) is 5.47. The molecule has 1 N–H and O–H groups in total. The fourth-order valence-electron chi connectivity index (χ4n) is 1.82. The van der Waals surface area contributed by atoms with Crippen LogP contribution in [0.1, 0.15) is 32.3 Å². The van der Waals surface area contributed by atoms with Crippen LogP contribution in [-0.2, 0) is 6.54 Å². The van der Waals surface area contributed by atoms with Crippen molar-refractivity contribution in [2.75, 3.05) is 13.7 Å². The highest BCUT2D eigenvalue weighted by Gasteiger charge is 2.20. The number of ether oxygens (including phenoxy) is 2. The predicted octanol–water partition coefficient (Wildman–Crippen LogP) is 3.74. The minimum absolute atomic E-state index is 0.493. The van der Waals surface area contributed by atoms with E-state index in [4.69, 9.17) is 9.47 Å². The van der Waals surface area contributed by atoms with Crippen LogP contribution >= 0.6 is 15.9 Å². The number of hydrogen-bond donors (Lipinski definition) is 1. The summed E-state index contributed by atoms with van der Waals surface area (Å²) >= 11 is 3.58. The summed E-state index contributed by atoms with van der Waals surface area (Å²) < 4.78 is 12.2. The van der Waals surface area contributed by atoms with Crippen LogP contribution in [0.3, 0.4) is 0 Å². The minimum Gasteiger partial charge on any atom is -0.493 e. The number of methoxy groups -OCH3 is 1. The molecule has 19 heavy (non-hydrogen) atoms. The first kappa shape index (κ1) is 14.7. The lowest BCUT2D eigenvalue weighted by atomic mass is 10.2. The van der Waals surface area contributed by atoms with Crippen molar-refractivity contribution in [1.82, 2.24) is 5.32 Å². The van der Waals surface area contributed by atoms with E-state index in [-0.39, 0.29) is 0 Å². The van der Waals surface area contributed by atoms with Gasteiger partial charge in [0.1, 0.15) is 0 Å². The van der Waals surface area contributed by atoms with E-state index < -0.39 is 0 Å². The number of hydrogen-bond acceptors (Lipinski definition) is 3. The highest BCUT2D eigenvalue weighted by Crippen LogP contribution is 2.37. The van der Waals surface area contributed by atoms with Gasteiger partial charge >= 0.3 is 0 Å². The Balaban J connectivity index is 2.08. The molecule has 0 atom stereocenters. The molecule has 0 aliphatic heterocycles. The zero-order valence-electron chi connectivity index (χ0n) is 11.8. The second-order valence-corrected chi connectivity index (χ2v) is 6.32. The zero-order chi connectivity index (χ0) is 13.8. The van der Waals surface area contributed by atoms with Gasteiger partial charge < -0.3 is 14.8 Å². The zero-order valence-corrected chi connectivity index (χ0v) is 13.4.